The summed E-state index contributed by atoms with van der Waals surface area (Å²) in [4.78, 5) is 42.2. The minimum absolute atomic E-state index is 0.179. The van der Waals surface area contributed by atoms with E-state index in [2.05, 4.69) is 57.0 Å². The second-order valence-corrected chi connectivity index (χ2v) is 18.0. The zero-order valence-electron chi connectivity index (χ0n) is 33.4. The van der Waals surface area contributed by atoms with Gasteiger partial charge >= 0.3 is 0 Å². The average Bonchev–Trinajstić information content (AvgIpc) is 3.45. The van der Waals surface area contributed by atoms with Crippen molar-refractivity contribution in [2.24, 2.45) is 11.3 Å². The summed E-state index contributed by atoms with van der Waals surface area (Å²) >= 11 is 6.30. The number of fused-ring (bicyclic) bond motifs is 1. The van der Waals surface area contributed by atoms with Crippen LogP contribution < -0.4 is 19.9 Å². The van der Waals surface area contributed by atoms with Crippen LogP contribution in [0.25, 0.3) is 0 Å². The molecule has 2 amide bonds. The Morgan fingerprint density at radius 2 is 1.69 bits per heavy atom. The number of nitrogens with zero attached hydrogens (tertiary/aromatic N) is 7. The van der Waals surface area contributed by atoms with Crippen molar-refractivity contribution in [2.75, 3.05) is 55.6 Å². The molecule has 4 saturated heterocycles. The number of piperidine rings is 2. The van der Waals surface area contributed by atoms with Crippen LogP contribution in [0.3, 0.4) is 0 Å². The summed E-state index contributed by atoms with van der Waals surface area (Å²) in [6, 6.07) is 22.6. The molecule has 3 N–H and O–H groups in total. The molecule has 3 atom stereocenters. The van der Waals surface area contributed by atoms with Crippen LogP contribution in [-0.2, 0) is 21.6 Å². The number of nitriles is 1. The van der Waals surface area contributed by atoms with E-state index in [1.54, 1.807) is 6.07 Å². The lowest BCUT2D eigenvalue weighted by atomic mass is 9.72. The molecule has 1 spiro atoms. The molecule has 0 bridgehead atoms. The number of rotatable bonds is 10. The number of aliphatic hydroxyl groups is 2. The third-order valence-electron chi connectivity index (χ3n) is 13.3. The van der Waals surface area contributed by atoms with E-state index in [-0.39, 0.29) is 24.2 Å². The van der Waals surface area contributed by atoms with Crippen LogP contribution in [0.15, 0.2) is 72.9 Å². The first-order chi connectivity index (χ1) is 28.4. The molecule has 3 aromatic carbocycles. The van der Waals surface area contributed by atoms with Crippen LogP contribution in [0.2, 0.25) is 5.02 Å². The number of amides is 2. The number of carbonyl (C=O) groups excluding carboxylic acids is 2. The van der Waals surface area contributed by atoms with E-state index in [0.717, 1.165) is 92.9 Å². The molecule has 306 valence electrons. The van der Waals surface area contributed by atoms with Gasteiger partial charge in [0.15, 0.2) is 0 Å². The molecule has 5 aliphatic rings. The topological polar surface area (TPSA) is 158 Å². The highest BCUT2D eigenvalue weighted by molar-refractivity contribution is 6.30. The van der Waals surface area contributed by atoms with Gasteiger partial charge in [-0.2, -0.15) is 5.26 Å². The quantitative estimate of drug-likeness (QED) is 0.183. The molecular formula is C45H49ClN8O5. The molecule has 5 aliphatic heterocycles. The zero-order chi connectivity index (χ0) is 41.1. The van der Waals surface area contributed by atoms with Crippen LogP contribution in [0, 0.1) is 22.7 Å². The van der Waals surface area contributed by atoms with Gasteiger partial charge in [0.2, 0.25) is 17.8 Å². The Labute approximate surface area is 349 Å². The van der Waals surface area contributed by atoms with Gasteiger partial charge in [-0.15, -0.1) is 0 Å². The van der Waals surface area contributed by atoms with Gasteiger partial charge in [0.25, 0.3) is 0 Å². The minimum atomic E-state index is -1.12. The van der Waals surface area contributed by atoms with Crippen molar-refractivity contribution in [1.82, 2.24) is 25.1 Å². The summed E-state index contributed by atoms with van der Waals surface area (Å²) in [6.45, 7) is 11.6. The number of aliphatic hydroxyl groups excluding tert-OH is 2. The van der Waals surface area contributed by atoms with E-state index < -0.39 is 24.4 Å². The Kier molecular flexibility index (Phi) is 10.3. The van der Waals surface area contributed by atoms with E-state index in [0.29, 0.717) is 39.7 Å². The molecule has 59 heavy (non-hydrogen) atoms. The number of nitrogens with one attached hydrogen (secondary N) is 1. The van der Waals surface area contributed by atoms with Gasteiger partial charge in [-0.05, 0) is 92.0 Å². The normalized spacial score (nSPS) is 23.4. The first-order valence-corrected chi connectivity index (χ1v) is 20.9. The number of anilines is 2. The number of ether oxygens (including phenoxy) is 1. The smallest absolute Gasteiger partial charge is 0.244 e. The molecular weight excluding hydrogens is 768 g/mol. The highest BCUT2D eigenvalue weighted by Gasteiger charge is 2.47. The lowest BCUT2D eigenvalue weighted by molar-refractivity contribution is -0.154. The van der Waals surface area contributed by atoms with Gasteiger partial charge in [-0.3, -0.25) is 14.9 Å². The van der Waals surface area contributed by atoms with Crippen LogP contribution in [0.1, 0.15) is 85.5 Å². The second kappa shape index (κ2) is 15.5. The maximum Gasteiger partial charge on any atom is 0.244 e. The van der Waals surface area contributed by atoms with E-state index in [1.165, 1.54) is 4.90 Å². The predicted molar refractivity (Wildman–Crippen MR) is 221 cm³/mol. The largest absolute Gasteiger partial charge is 0.487 e. The number of imide groups is 1. The molecule has 3 unspecified atom stereocenters. The third-order valence-corrected chi connectivity index (χ3v) is 13.5. The third kappa shape index (κ3) is 7.64. The van der Waals surface area contributed by atoms with Crippen LogP contribution in [0.4, 0.5) is 11.6 Å². The standard InChI is InChI=1S/C45H49ClN8O5/c1-44(2,31-17-28(21-47)18-32(46)19-31)30-3-6-35(7-4-30)59-25-33-11-14-48-43(49-33)53-26-45(27-53)12-15-51(16-13-45)22-29-23-52(24-29)34-5-8-36-37(20-34)42(58)54(41(36)57)38-9-10-39(55)50-40(38)56/h3-8,11,14,17-20,29,38,41-42,57-58H,9-10,12-13,15-16,22-27H2,1-2H3,(H,50,55,56). The Bertz CT molecular complexity index is 2290. The highest BCUT2D eigenvalue weighted by Crippen LogP contribution is 2.45. The number of hydrogen-bond acceptors (Lipinski definition) is 12. The molecule has 0 aliphatic carbocycles. The van der Waals surface area contributed by atoms with Gasteiger partial charge in [0.1, 0.15) is 24.8 Å². The van der Waals surface area contributed by atoms with Crippen molar-refractivity contribution in [1.29, 1.82) is 5.26 Å². The first-order valence-electron chi connectivity index (χ1n) is 20.5. The summed E-state index contributed by atoms with van der Waals surface area (Å²) in [6.07, 6.45) is 2.34. The van der Waals surface area contributed by atoms with Crippen molar-refractivity contribution >= 4 is 35.1 Å². The Hall–Kier alpha value is -5.10. The lowest BCUT2D eigenvalue weighted by Crippen LogP contribution is -2.62. The molecule has 6 heterocycles. The maximum atomic E-state index is 12.5. The van der Waals surface area contributed by atoms with Crippen molar-refractivity contribution in [3.63, 3.8) is 0 Å². The molecule has 9 rings (SSSR count). The maximum absolute atomic E-state index is 12.5. The number of halogens is 1. The van der Waals surface area contributed by atoms with Crippen LogP contribution in [-0.4, -0.2) is 93.7 Å². The molecule has 0 radical (unpaired) electrons. The fraction of sp³-hybridized carbons (Fsp3) is 0.444. The fourth-order valence-electron chi connectivity index (χ4n) is 9.60. The number of hydrogen-bond donors (Lipinski definition) is 3. The molecule has 4 aromatic rings. The zero-order valence-corrected chi connectivity index (χ0v) is 34.1. The van der Waals surface area contributed by atoms with Crippen molar-refractivity contribution in [2.45, 2.75) is 70.1 Å². The Morgan fingerprint density at radius 1 is 0.949 bits per heavy atom. The van der Waals surface area contributed by atoms with Crippen molar-refractivity contribution < 1.29 is 24.5 Å². The molecule has 4 fully saturated rings. The van der Waals surface area contributed by atoms with Crippen molar-refractivity contribution in [3.8, 4) is 11.8 Å². The molecule has 13 nitrogen and oxygen atoms in total. The number of aromatic nitrogens is 2. The lowest BCUT2D eigenvalue weighted by Gasteiger charge is -2.54. The van der Waals surface area contributed by atoms with E-state index in [4.69, 9.17) is 21.3 Å². The summed E-state index contributed by atoms with van der Waals surface area (Å²) in [5.74, 6) is 1.25. The summed E-state index contributed by atoms with van der Waals surface area (Å²) < 4.78 is 6.14. The first kappa shape index (κ1) is 39.4. The van der Waals surface area contributed by atoms with Crippen molar-refractivity contribution in [3.05, 3.63) is 111 Å². The monoisotopic (exact) mass is 816 g/mol. The summed E-state index contributed by atoms with van der Waals surface area (Å²) in [5.41, 5.74) is 5.60. The van der Waals surface area contributed by atoms with Gasteiger partial charge in [0.05, 0.1) is 23.4 Å². The average molecular weight is 817 g/mol. The van der Waals surface area contributed by atoms with E-state index >= 15 is 0 Å². The predicted octanol–water partition coefficient (Wildman–Crippen LogP) is 5.05. The molecule has 14 heteroatoms. The fourth-order valence-corrected chi connectivity index (χ4v) is 9.83. The minimum Gasteiger partial charge on any atom is -0.487 e. The van der Waals surface area contributed by atoms with Crippen LogP contribution in [0.5, 0.6) is 5.75 Å². The Morgan fingerprint density at radius 3 is 2.42 bits per heavy atom. The number of carbonyl (C=O) groups is 2. The number of benzene rings is 3. The van der Waals surface area contributed by atoms with Gasteiger partial charge in [0, 0.05) is 83.9 Å². The second-order valence-electron chi connectivity index (χ2n) is 17.5. The van der Waals surface area contributed by atoms with Gasteiger partial charge in [-0.25, -0.2) is 14.9 Å². The van der Waals surface area contributed by atoms with Crippen LogP contribution >= 0.6 is 11.6 Å². The van der Waals surface area contributed by atoms with Gasteiger partial charge < -0.3 is 29.6 Å². The van der Waals surface area contributed by atoms with E-state index in [9.17, 15) is 25.1 Å². The van der Waals surface area contributed by atoms with Gasteiger partial charge in [-0.1, -0.05) is 43.6 Å². The SMILES string of the molecule is CC(C)(c1ccc(OCc2ccnc(N3CC4(CCN(CC5CN(c6ccc7c(c6)C(O)N(C6CCC(=O)NC6=O)C7O)C5)CC4)C3)n2)cc1)c1cc(Cl)cc(C#N)c1. The Balaban J connectivity index is 0.720. The molecule has 0 saturated carbocycles. The molecule has 1 aromatic heterocycles. The summed E-state index contributed by atoms with van der Waals surface area (Å²) in [7, 11) is 0. The van der Waals surface area contributed by atoms with E-state index in [1.807, 2.05) is 54.7 Å². The highest BCUT2D eigenvalue weighted by atomic mass is 35.5. The summed E-state index contributed by atoms with van der Waals surface area (Å²) in [5, 5.41) is 34.4. The number of likely N-dealkylation sites (tertiary alicyclic amines) is 1.